The molecule has 0 bridgehead atoms. The molecule has 5 heteroatoms. The zero-order chi connectivity index (χ0) is 14.5. The Balaban J connectivity index is 1.99. The number of hydrogen-bond donors (Lipinski definition) is 1. The highest BCUT2D eigenvalue weighted by Gasteiger charge is 2.13. The average molecular weight is 277 g/mol. The molecule has 0 fully saturated rings. The Morgan fingerprint density at radius 3 is 2.65 bits per heavy atom. The van der Waals surface area contributed by atoms with Crippen molar-refractivity contribution >= 4 is 5.97 Å². The molecule has 0 aliphatic carbocycles. The van der Waals surface area contributed by atoms with Crippen LogP contribution in [0.1, 0.15) is 12.7 Å². The molecule has 0 radical (unpaired) electrons. The average Bonchev–Trinajstić information content (AvgIpc) is 2.93. The summed E-state index contributed by atoms with van der Waals surface area (Å²) < 4.78 is 23.1. The van der Waals surface area contributed by atoms with Crippen molar-refractivity contribution in [2.45, 2.75) is 19.5 Å². The monoisotopic (exact) mass is 277 g/mol. The van der Waals surface area contributed by atoms with Crippen LogP contribution in [-0.2, 0) is 16.1 Å². The molecule has 0 saturated heterocycles. The summed E-state index contributed by atoms with van der Waals surface area (Å²) in [6.07, 6.45) is 0. The van der Waals surface area contributed by atoms with Gasteiger partial charge in [-0.1, -0.05) is 0 Å². The van der Waals surface area contributed by atoms with Crippen molar-refractivity contribution in [3.63, 3.8) is 0 Å². The van der Waals surface area contributed by atoms with Gasteiger partial charge in [-0.15, -0.1) is 0 Å². The molecule has 0 amide bonds. The van der Waals surface area contributed by atoms with Crippen molar-refractivity contribution in [3.8, 4) is 11.3 Å². The molecule has 0 aliphatic heterocycles. The van der Waals surface area contributed by atoms with Crippen LogP contribution in [0.25, 0.3) is 11.3 Å². The van der Waals surface area contributed by atoms with Crippen molar-refractivity contribution < 1.29 is 18.3 Å². The lowest BCUT2D eigenvalue weighted by atomic mass is 10.2. The molecule has 1 aromatic heterocycles. The Morgan fingerprint density at radius 2 is 2.00 bits per heavy atom. The third kappa shape index (κ3) is 3.45. The van der Waals surface area contributed by atoms with Crippen LogP contribution >= 0.6 is 0 Å². The molecule has 0 spiro atoms. The second-order valence-corrected chi connectivity index (χ2v) is 4.40. The van der Waals surface area contributed by atoms with Gasteiger partial charge in [-0.2, -0.15) is 0 Å². The third-order valence-electron chi connectivity index (χ3n) is 2.93. The van der Waals surface area contributed by atoms with Crippen LogP contribution in [0.3, 0.4) is 0 Å². The molecular formula is C15H16FNO3. The molecule has 1 atom stereocenters. The number of esters is 1. The smallest absolute Gasteiger partial charge is 0.322 e. The zero-order valence-corrected chi connectivity index (χ0v) is 11.4. The normalized spacial score (nSPS) is 12.2. The summed E-state index contributed by atoms with van der Waals surface area (Å²) in [5, 5.41) is 3.00. The first kappa shape index (κ1) is 14.3. The van der Waals surface area contributed by atoms with Crippen molar-refractivity contribution in [1.29, 1.82) is 0 Å². The van der Waals surface area contributed by atoms with E-state index in [1.165, 1.54) is 19.2 Å². The summed E-state index contributed by atoms with van der Waals surface area (Å²) in [6.45, 7) is 2.13. The fraction of sp³-hybridized carbons (Fsp3) is 0.267. The summed E-state index contributed by atoms with van der Waals surface area (Å²) in [7, 11) is 1.35. The number of rotatable bonds is 5. The topological polar surface area (TPSA) is 51.5 Å². The Bertz CT molecular complexity index is 577. The second-order valence-electron chi connectivity index (χ2n) is 4.40. The van der Waals surface area contributed by atoms with E-state index in [4.69, 9.17) is 4.42 Å². The van der Waals surface area contributed by atoms with Gasteiger partial charge >= 0.3 is 5.97 Å². The molecule has 0 saturated carbocycles. The quantitative estimate of drug-likeness (QED) is 0.854. The molecule has 4 nitrogen and oxygen atoms in total. The number of hydrogen-bond acceptors (Lipinski definition) is 4. The Labute approximate surface area is 116 Å². The van der Waals surface area contributed by atoms with Crippen molar-refractivity contribution in [2.75, 3.05) is 7.11 Å². The first-order valence-electron chi connectivity index (χ1n) is 6.26. The number of carbonyl (C=O) groups is 1. The van der Waals surface area contributed by atoms with Gasteiger partial charge in [0.2, 0.25) is 0 Å². The van der Waals surface area contributed by atoms with Gasteiger partial charge in [0.05, 0.1) is 13.7 Å². The van der Waals surface area contributed by atoms with Crippen molar-refractivity contribution in [3.05, 3.63) is 48.0 Å². The van der Waals surface area contributed by atoms with Crippen LogP contribution in [0.5, 0.6) is 0 Å². The molecule has 106 valence electrons. The molecule has 1 aromatic carbocycles. The lowest BCUT2D eigenvalue weighted by Crippen LogP contribution is -2.34. The summed E-state index contributed by atoms with van der Waals surface area (Å²) in [6, 6.07) is 9.30. The van der Waals surface area contributed by atoms with Gasteiger partial charge in [-0.3, -0.25) is 10.1 Å². The van der Waals surface area contributed by atoms with Crippen molar-refractivity contribution in [1.82, 2.24) is 5.32 Å². The van der Waals surface area contributed by atoms with Crippen LogP contribution in [0, 0.1) is 5.82 Å². The minimum atomic E-state index is -0.403. The predicted molar refractivity (Wildman–Crippen MR) is 72.4 cm³/mol. The van der Waals surface area contributed by atoms with Gasteiger partial charge in [0, 0.05) is 5.56 Å². The van der Waals surface area contributed by atoms with E-state index < -0.39 is 6.04 Å². The molecular weight excluding hydrogens is 261 g/mol. The minimum Gasteiger partial charge on any atom is -0.468 e. The molecule has 2 rings (SSSR count). The van der Waals surface area contributed by atoms with Gasteiger partial charge in [-0.25, -0.2) is 4.39 Å². The van der Waals surface area contributed by atoms with Crippen molar-refractivity contribution in [2.24, 2.45) is 0 Å². The minimum absolute atomic E-state index is 0.283. The van der Waals surface area contributed by atoms with E-state index in [2.05, 4.69) is 10.1 Å². The van der Waals surface area contributed by atoms with Crippen LogP contribution < -0.4 is 5.32 Å². The maximum absolute atomic E-state index is 12.8. The summed E-state index contributed by atoms with van der Waals surface area (Å²) >= 11 is 0. The van der Waals surface area contributed by atoms with Crippen LogP contribution in [-0.4, -0.2) is 19.1 Å². The number of carbonyl (C=O) groups excluding carboxylic acids is 1. The lowest BCUT2D eigenvalue weighted by Gasteiger charge is -2.09. The Kier molecular flexibility index (Phi) is 4.53. The van der Waals surface area contributed by atoms with Crippen LogP contribution in [0.15, 0.2) is 40.8 Å². The van der Waals surface area contributed by atoms with Crippen LogP contribution in [0.2, 0.25) is 0 Å². The van der Waals surface area contributed by atoms with Gasteiger partial charge in [0.15, 0.2) is 0 Å². The maximum Gasteiger partial charge on any atom is 0.322 e. The molecule has 20 heavy (non-hydrogen) atoms. The highest BCUT2D eigenvalue weighted by Crippen LogP contribution is 2.22. The number of benzene rings is 1. The summed E-state index contributed by atoms with van der Waals surface area (Å²) in [5.41, 5.74) is 0.804. The molecule has 1 N–H and O–H groups in total. The third-order valence-corrected chi connectivity index (χ3v) is 2.93. The van der Waals surface area contributed by atoms with E-state index in [0.29, 0.717) is 18.1 Å². The number of furan rings is 1. The number of ether oxygens (including phenoxy) is 1. The molecule has 0 aliphatic rings. The van der Waals surface area contributed by atoms with E-state index >= 15 is 0 Å². The van der Waals surface area contributed by atoms with E-state index in [-0.39, 0.29) is 11.8 Å². The summed E-state index contributed by atoms with van der Waals surface area (Å²) in [4.78, 5) is 11.2. The second kappa shape index (κ2) is 6.34. The predicted octanol–water partition coefficient (Wildman–Crippen LogP) is 2.74. The van der Waals surface area contributed by atoms with Crippen LogP contribution in [0.4, 0.5) is 4.39 Å². The van der Waals surface area contributed by atoms with Gasteiger partial charge in [0.25, 0.3) is 0 Å². The van der Waals surface area contributed by atoms with Gasteiger partial charge in [-0.05, 0) is 43.3 Å². The SMILES string of the molecule is COC(=O)[C@H](C)NCc1ccc(-c2ccc(F)cc2)o1. The largest absolute Gasteiger partial charge is 0.468 e. The molecule has 2 aromatic rings. The number of methoxy groups -OCH3 is 1. The fourth-order valence-corrected chi connectivity index (χ4v) is 1.76. The Hall–Kier alpha value is -2.14. The zero-order valence-electron chi connectivity index (χ0n) is 11.4. The molecule has 0 unspecified atom stereocenters. The van der Waals surface area contributed by atoms with Gasteiger partial charge < -0.3 is 9.15 Å². The van der Waals surface area contributed by atoms with E-state index in [1.807, 2.05) is 12.1 Å². The lowest BCUT2D eigenvalue weighted by molar-refractivity contribution is -0.142. The first-order chi connectivity index (χ1) is 9.60. The van der Waals surface area contributed by atoms with E-state index in [0.717, 1.165) is 5.56 Å². The highest BCUT2D eigenvalue weighted by atomic mass is 19.1. The number of nitrogens with one attached hydrogen (secondary N) is 1. The fourth-order valence-electron chi connectivity index (χ4n) is 1.76. The maximum atomic E-state index is 12.8. The highest BCUT2D eigenvalue weighted by molar-refractivity contribution is 5.75. The standard InChI is InChI=1S/C15H16FNO3/c1-10(15(18)19-2)17-9-13-7-8-14(20-13)11-3-5-12(16)6-4-11/h3-8,10,17H,9H2,1-2H3/t10-/m0/s1. The van der Waals surface area contributed by atoms with Gasteiger partial charge in [0.1, 0.15) is 23.4 Å². The van der Waals surface area contributed by atoms with E-state index in [9.17, 15) is 9.18 Å². The van der Waals surface area contributed by atoms with E-state index in [1.54, 1.807) is 19.1 Å². The molecule has 1 heterocycles. The first-order valence-corrected chi connectivity index (χ1v) is 6.26. The summed E-state index contributed by atoms with van der Waals surface area (Å²) in [5.74, 6) is 0.747. The Morgan fingerprint density at radius 1 is 1.30 bits per heavy atom. The number of halogens is 1.